The highest BCUT2D eigenvalue weighted by molar-refractivity contribution is 6.38. The second kappa shape index (κ2) is 4.83. The van der Waals surface area contributed by atoms with E-state index >= 15 is 0 Å². The monoisotopic (exact) mass is 246 g/mol. The van der Waals surface area contributed by atoms with Crippen LogP contribution in [0.4, 0.5) is 0 Å². The number of ketones is 2. The first kappa shape index (κ1) is 12.0. The molecular formula is C13H10O5. The van der Waals surface area contributed by atoms with Crippen LogP contribution in [0.1, 0.15) is 17.0 Å². The van der Waals surface area contributed by atoms with Gasteiger partial charge in [-0.1, -0.05) is 18.2 Å². The van der Waals surface area contributed by atoms with Crippen LogP contribution < -0.4 is 0 Å². The standard InChI is InChI=1S/C13H10O5/c1-17-13(16)10(15)7-9(14)12-6-8-4-2-3-5-11(8)18-12/h2-6H,7H2,1H3. The predicted molar refractivity (Wildman–Crippen MR) is 62.2 cm³/mol. The predicted octanol–water partition coefficient (Wildman–Crippen LogP) is 1.75. The smallest absolute Gasteiger partial charge is 0.374 e. The molecule has 2 aromatic rings. The van der Waals surface area contributed by atoms with E-state index in [0.717, 1.165) is 12.5 Å². The number of rotatable bonds is 4. The molecule has 0 saturated heterocycles. The molecule has 18 heavy (non-hydrogen) atoms. The minimum absolute atomic E-state index is 0.0634. The largest absolute Gasteiger partial charge is 0.463 e. The number of methoxy groups -OCH3 is 1. The molecule has 0 radical (unpaired) electrons. The summed E-state index contributed by atoms with van der Waals surface area (Å²) < 4.78 is 9.53. The van der Waals surface area contributed by atoms with Gasteiger partial charge in [-0.3, -0.25) is 9.59 Å². The van der Waals surface area contributed by atoms with E-state index in [0.29, 0.717) is 5.58 Å². The second-order valence-electron chi connectivity index (χ2n) is 3.66. The molecule has 92 valence electrons. The van der Waals surface area contributed by atoms with Crippen LogP contribution in [0.3, 0.4) is 0 Å². The summed E-state index contributed by atoms with van der Waals surface area (Å²) in [7, 11) is 1.09. The molecule has 0 saturated carbocycles. The maximum absolute atomic E-state index is 11.7. The Bertz CT molecular complexity index is 590. The lowest BCUT2D eigenvalue weighted by Gasteiger charge is -1.96. The fourth-order valence-electron chi connectivity index (χ4n) is 1.54. The lowest BCUT2D eigenvalue weighted by atomic mass is 10.1. The number of para-hydroxylation sites is 1. The maximum Gasteiger partial charge on any atom is 0.374 e. The van der Waals surface area contributed by atoms with E-state index in [-0.39, 0.29) is 5.76 Å². The van der Waals surface area contributed by atoms with Crippen molar-refractivity contribution in [2.24, 2.45) is 0 Å². The molecule has 0 atom stereocenters. The van der Waals surface area contributed by atoms with Gasteiger partial charge in [-0.25, -0.2) is 4.79 Å². The van der Waals surface area contributed by atoms with Crippen molar-refractivity contribution in [2.45, 2.75) is 6.42 Å². The molecule has 0 aliphatic heterocycles. The zero-order chi connectivity index (χ0) is 13.1. The normalized spacial score (nSPS) is 10.3. The van der Waals surface area contributed by atoms with E-state index in [1.165, 1.54) is 0 Å². The highest BCUT2D eigenvalue weighted by Crippen LogP contribution is 2.19. The summed E-state index contributed by atoms with van der Waals surface area (Å²) in [6.07, 6.45) is -0.549. The van der Waals surface area contributed by atoms with Gasteiger partial charge in [0.25, 0.3) is 0 Å². The van der Waals surface area contributed by atoms with Crippen molar-refractivity contribution < 1.29 is 23.5 Å². The molecule has 5 heteroatoms. The highest BCUT2D eigenvalue weighted by Gasteiger charge is 2.21. The average molecular weight is 246 g/mol. The van der Waals surface area contributed by atoms with Crippen molar-refractivity contribution in [2.75, 3.05) is 7.11 Å². The van der Waals surface area contributed by atoms with Crippen LogP contribution in [0.2, 0.25) is 0 Å². The Balaban J connectivity index is 2.18. The van der Waals surface area contributed by atoms with Crippen molar-refractivity contribution in [1.29, 1.82) is 0 Å². The Hall–Kier alpha value is -2.43. The average Bonchev–Trinajstić information content (AvgIpc) is 2.81. The first-order valence-corrected chi connectivity index (χ1v) is 5.24. The number of esters is 1. The van der Waals surface area contributed by atoms with E-state index < -0.39 is 24.0 Å². The van der Waals surface area contributed by atoms with Gasteiger partial charge in [0.1, 0.15) is 5.58 Å². The number of hydrogen-bond acceptors (Lipinski definition) is 5. The molecule has 0 bridgehead atoms. The summed E-state index contributed by atoms with van der Waals surface area (Å²) in [6.45, 7) is 0. The molecule has 2 rings (SSSR count). The summed E-state index contributed by atoms with van der Waals surface area (Å²) in [4.78, 5) is 33.9. The molecule has 0 aliphatic rings. The van der Waals surface area contributed by atoms with Gasteiger partial charge in [0, 0.05) is 5.39 Å². The number of carbonyl (C=O) groups is 3. The third kappa shape index (κ3) is 2.29. The Labute approximate surface area is 102 Å². The number of ether oxygens (including phenoxy) is 1. The van der Waals surface area contributed by atoms with Crippen LogP contribution in [0, 0.1) is 0 Å². The quantitative estimate of drug-likeness (QED) is 0.355. The molecule has 1 heterocycles. The Kier molecular flexibility index (Phi) is 3.23. The molecule has 5 nitrogen and oxygen atoms in total. The first-order chi connectivity index (χ1) is 8.61. The van der Waals surface area contributed by atoms with Gasteiger partial charge in [-0.2, -0.15) is 0 Å². The molecule has 0 fully saturated rings. The molecule has 0 amide bonds. The molecule has 0 spiro atoms. The summed E-state index contributed by atoms with van der Waals surface area (Å²) in [6, 6.07) is 8.64. The van der Waals surface area contributed by atoms with Crippen molar-refractivity contribution in [3.63, 3.8) is 0 Å². The molecule has 0 aliphatic carbocycles. The van der Waals surface area contributed by atoms with Crippen LogP contribution in [0.5, 0.6) is 0 Å². The van der Waals surface area contributed by atoms with E-state index in [9.17, 15) is 14.4 Å². The SMILES string of the molecule is COC(=O)C(=O)CC(=O)c1cc2ccccc2o1. The van der Waals surface area contributed by atoms with E-state index in [2.05, 4.69) is 4.74 Å². The molecule has 0 N–H and O–H groups in total. The van der Waals surface area contributed by atoms with Gasteiger partial charge in [-0.15, -0.1) is 0 Å². The van der Waals surface area contributed by atoms with Crippen LogP contribution in [-0.4, -0.2) is 24.6 Å². The van der Waals surface area contributed by atoms with Gasteiger partial charge in [0.15, 0.2) is 5.76 Å². The maximum atomic E-state index is 11.7. The summed E-state index contributed by atoms with van der Waals surface area (Å²) >= 11 is 0. The molecule has 1 aromatic heterocycles. The van der Waals surface area contributed by atoms with Crippen LogP contribution in [0.25, 0.3) is 11.0 Å². The summed E-state index contributed by atoms with van der Waals surface area (Å²) in [5.74, 6) is -2.39. The molecular weight excluding hydrogens is 236 g/mol. The Morgan fingerprint density at radius 2 is 1.94 bits per heavy atom. The van der Waals surface area contributed by atoms with E-state index in [4.69, 9.17) is 4.42 Å². The van der Waals surface area contributed by atoms with Gasteiger partial charge in [0.05, 0.1) is 13.5 Å². The zero-order valence-electron chi connectivity index (χ0n) is 9.64. The van der Waals surface area contributed by atoms with E-state index in [1.807, 2.05) is 6.07 Å². The number of hydrogen-bond donors (Lipinski definition) is 0. The number of Topliss-reactive ketones (excluding diaryl/α,β-unsaturated/α-hetero) is 2. The summed E-state index contributed by atoms with van der Waals surface area (Å²) in [5, 5.41) is 0.770. The van der Waals surface area contributed by atoms with Crippen LogP contribution >= 0.6 is 0 Å². The zero-order valence-corrected chi connectivity index (χ0v) is 9.64. The minimum Gasteiger partial charge on any atom is -0.463 e. The Morgan fingerprint density at radius 3 is 2.61 bits per heavy atom. The second-order valence-corrected chi connectivity index (χ2v) is 3.66. The van der Waals surface area contributed by atoms with Crippen molar-refractivity contribution >= 4 is 28.5 Å². The first-order valence-electron chi connectivity index (χ1n) is 5.24. The molecule has 1 aromatic carbocycles. The Morgan fingerprint density at radius 1 is 1.22 bits per heavy atom. The van der Waals surface area contributed by atoms with Crippen LogP contribution in [0.15, 0.2) is 34.7 Å². The number of fused-ring (bicyclic) bond motifs is 1. The van der Waals surface area contributed by atoms with Crippen molar-refractivity contribution in [1.82, 2.24) is 0 Å². The molecule has 0 unspecified atom stereocenters. The lowest BCUT2D eigenvalue weighted by molar-refractivity contribution is -0.151. The number of benzene rings is 1. The van der Waals surface area contributed by atoms with Gasteiger partial charge in [-0.05, 0) is 12.1 Å². The van der Waals surface area contributed by atoms with E-state index in [1.54, 1.807) is 24.3 Å². The van der Waals surface area contributed by atoms with Gasteiger partial charge in [0.2, 0.25) is 11.6 Å². The van der Waals surface area contributed by atoms with Crippen LogP contribution in [-0.2, 0) is 14.3 Å². The topological polar surface area (TPSA) is 73.6 Å². The third-order valence-electron chi connectivity index (χ3n) is 2.43. The lowest BCUT2D eigenvalue weighted by Crippen LogP contribution is -2.19. The minimum atomic E-state index is -1.03. The van der Waals surface area contributed by atoms with Crippen molar-refractivity contribution in [3.8, 4) is 0 Å². The van der Waals surface area contributed by atoms with Gasteiger partial charge < -0.3 is 9.15 Å². The third-order valence-corrected chi connectivity index (χ3v) is 2.43. The fourth-order valence-corrected chi connectivity index (χ4v) is 1.54. The van der Waals surface area contributed by atoms with Crippen molar-refractivity contribution in [3.05, 3.63) is 36.1 Å². The summed E-state index contributed by atoms with van der Waals surface area (Å²) in [5.41, 5.74) is 0.561. The number of furan rings is 1. The van der Waals surface area contributed by atoms with Gasteiger partial charge >= 0.3 is 5.97 Å². The fraction of sp³-hybridized carbons (Fsp3) is 0.154. The number of carbonyl (C=O) groups excluding carboxylic acids is 3. The highest BCUT2D eigenvalue weighted by atomic mass is 16.5.